The Labute approximate surface area is 159 Å². The Morgan fingerprint density at radius 1 is 1.15 bits per heavy atom. The summed E-state index contributed by atoms with van der Waals surface area (Å²) in [5, 5.41) is 1.81. The van der Waals surface area contributed by atoms with E-state index in [1.165, 1.54) is 44.3 Å². The van der Waals surface area contributed by atoms with Crippen LogP contribution in [-0.2, 0) is 16.6 Å². The highest BCUT2D eigenvalue weighted by molar-refractivity contribution is 7.89. The van der Waals surface area contributed by atoms with Gasteiger partial charge in [-0.25, -0.2) is 17.8 Å². The van der Waals surface area contributed by atoms with Crippen LogP contribution in [0.3, 0.4) is 0 Å². The van der Waals surface area contributed by atoms with Gasteiger partial charge in [-0.05, 0) is 12.1 Å². The molecule has 10 heteroatoms. The maximum absolute atomic E-state index is 13.9. The van der Waals surface area contributed by atoms with Crippen LogP contribution >= 0.6 is 11.3 Å². The molecule has 1 aromatic carbocycles. The van der Waals surface area contributed by atoms with E-state index in [4.69, 9.17) is 0 Å². The van der Waals surface area contributed by atoms with Crippen molar-refractivity contribution in [1.29, 1.82) is 0 Å². The Morgan fingerprint density at radius 2 is 1.89 bits per heavy atom. The first-order chi connectivity index (χ1) is 12.9. The van der Waals surface area contributed by atoms with Gasteiger partial charge in [-0.3, -0.25) is 14.1 Å². The van der Waals surface area contributed by atoms with Crippen LogP contribution in [0.15, 0.2) is 51.6 Å². The highest BCUT2D eigenvalue weighted by atomic mass is 32.2. The van der Waals surface area contributed by atoms with E-state index in [0.717, 1.165) is 6.07 Å². The van der Waals surface area contributed by atoms with Crippen molar-refractivity contribution in [3.63, 3.8) is 0 Å². The summed E-state index contributed by atoms with van der Waals surface area (Å²) in [4.78, 5) is 18.9. The van der Waals surface area contributed by atoms with Gasteiger partial charge in [-0.2, -0.15) is 4.31 Å². The summed E-state index contributed by atoms with van der Waals surface area (Å²) in [5.74, 6) is -0.742. The van der Waals surface area contributed by atoms with Gasteiger partial charge in [0.1, 0.15) is 10.7 Å². The van der Waals surface area contributed by atoms with E-state index < -0.39 is 15.8 Å². The average Bonchev–Trinajstić information content (AvgIpc) is 3.11. The van der Waals surface area contributed by atoms with Crippen molar-refractivity contribution in [2.75, 3.05) is 26.2 Å². The first-order valence-electron chi connectivity index (χ1n) is 8.38. The van der Waals surface area contributed by atoms with Crippen LogP contribution in [0.2, 0.25) is 0 Å². The van der Waals surface area contributed by atoms with E-state index >= 15 is 0 Å². The minimum atomic E-state index is -3.85. The summed E-state index contributed by atoms with van der Waals surface area (Å²) in [6.07, 6.45) is 1.69. The summed E-state index contributed by atoms with van der Waals surface area (Å²) in [6.45, 7) is 1.96. The Bertz CT molecular complexity index is 1130. The molecule has 0 aliphatic carbocycles. The minimum absolute atomic E-state index is 0.128. The van der Waals surface area contributed by atoms with Crippen LogP contribution in [0.5, 0.6) is 0 Å². The number of piperazine rings is 1. The summed E-state index contributed by atoms with van der Waals surface area (Å²) < 4.78 is 42.0. The molecule has 1 aliphatic rings. The molecule has 7 nitrogen and oxygen atoms in total. The molecule has 0 bridgehead atoms. The van der Waals surface area contributed by atoms with Gasteiger partial charge in [0.2, 0.25) is 10.0 Å². The number of rotatable bonds is 4. The van der Waals surface area contributed by atoms with Gasteiger partial charge in [0.25, 0.3) is 5.56 Å². The predicted molar refractivity (Wildman–Crippen MR) is 99.8 cm³/mol. The molecule has 4 rings (SSSR count). The number of fused-ring (bicyclic) bond motifs is 1. The van der Waals surface area contributed by atoms with E-state index in [1.54, 1.807) is 11.6 Å². The van der Waals surface area contributed by atoms with Gasteiger partial charge < -0.3 is 0 Å². The minimum Gasteiger partial charge on any atom is -0.295 e. The molecule has 142 valence electrons. The van der Waals surface area contributed by atoms with E-state index in [2.05, 4.69) is 4.98 Å². The predicted octanol–water partition coefficient (Wildman–Crippen LogP) is 1.40. The number of nitrogens with zero attached hydrogens (tertiary/aromatic N) is 4. The molecule has 0 unspecified atom stereocenters. The Kier molecular flexibility index (Phi) is 4.81. The van der Waals surface area contributed by atoms with Crippen molar-refractivity contribution >= 4 is 26.3 Å². The third kappa shape index (κ3) is 3.53. The molecular formula is C17H17FN4O3S2. The summed E-state index contributed by atoms with van der Waals surface area (Å²) in [5.41, 5.74) is 0.532. The number of hydrogen-bond donors (Lipinski definition) is 0. The lowest BCUT2D eigenvalue weighted by Gasteiger charge is -2.33. The Hall–Kier alpha value is -2.14. The zero-order valence-electron chi connectivity index (χ0n) is 14.3. The highest BCUT2D eigenvalue weighted by Gasteiger charge is 2.30. The molecule has 1 fully saturated rings. The van der Waals surface area contributed by atoms with Gasteiger partial charge in [0.05, 0.1) is 5.69 Å². The molecule has 1 saturated heterocycles. The molecule has 0 amide bonds. The zero-order chi connectivity index (χ0) is 19.0. The smallest absolute Gasteiger partial charge is 0.258 e. The Balaban J connectivity index is 1.45. The fourth-order valence-electron chi connectivity index (χ4n) is 3.12. The van der Waals surface area contributed by atoms with Crippen molar-refractivity contribution in [1.82, 2.24) is 18.6 Å². The van der Waals surface area contributed by atoms with Crippen LogP contribution in [-0.4, -0.2) is 53.2 Å². The standard InChI is InChI=1S/C17H17FN4O3S2/c18-14-3-1-2-4-15(14)27(24,25)21-7-5-20(6-8-21)12-13-11-16(23)22-9-10-26-17(22)19-13/h1-4,9-11H,5-8,12H2. The lowest BCUT2D eigenvalue weighted by atomic mass is 10.3. The number of hydrogen-bond acceptors (Lipinski definition) is 6. The van der Waals surface area contributed by atoms with E-state index in [0.29, 0.717) is 30.3 Å². The number of halogens is 1. The van der Waals surface area contributed by atoms with Crippen molar-refractivity contribution < 1.29 is 12.8 Å². The molecular weight excluding hydrogens is 391 g/mol. The fourth-order valence-corrected chi connectivity index (χ4v) is 5.34. The van der Waals surface area contributed by atoms with Crippen LogP contribution in [0.1, 0.15) is 5.69 Å². The number of thiazole rings is 1. The van der Waals surface area contributed by atoms with Crippen molar-refractivity contribution in [2.45, 2.75) is 11.4 Å². The van der Waals surface area contributed by atoms with E-state index in [9.17, 15) is 17.6 Å². The lowest BCUT2D eigenvalue weighted by Crippen LogP contribution is -2.48. The third-order valence-corrected chi connectivity index (χ3v) is 7.22. The third-order valence-electron chi connectivity index (χ3n) is 4.53. The van der Waals surface area contributed by atoms with Crippen LogP contribution in [0.25, 0.3) is 4.96 Å². The second kappa shape index (κ2) is 7.12. The first kappa shape index (κ1) is 18.2. The summed E-state index contributed by atoms with van der Waals surface area (Å²) >= 11 is 1.39. The first-order valence-corrected chi connectivity index (χ1v) is 10.7. The number of aromatic nitrogens is 2. The molecule has 3 aromatic rings. The van der Waals surface area contributed by atoms with Gasteiger partial charge in [-0.15, -0.1) is 11.3 Å². The highest BCUT2D eigenvalue weighted by Crippen LogP contribution is 2.20. The normalized spacial score (nSPS) is 16.8. The largest absolute Gasteiger partial charge is 0.295 e. The molecule has 3 heterocycles. The fraction of sp³-hybridized carbons (Fsp3) is 0.294. The van der Waals surface area contributed by atoms with Gasteiger partial charge >= 0.3 is 0 Å². The molecule has 1 aliphatic heterocycles. The van der Waals surface area contributed by atoms with Gasteiger partial charge in [0, 0.05) is 50.4 Å². The maximum atomic E-state index is 13.9. The molecule has 0 saturated carbocycles. The van der Waals surface area contributed by atoms with Crippen molar-refractivity contribution in [3.05, 3.63) is 63.8 Å². The summed E-state index contributed by atoms with van der Waals surface area (Å²) in [7, 11) is -3.85. The molecule has 0 N–H and O–H groups in total. The Morgan fingerprint density at radius 3 is 2.63 bits per heavy atom. The lowest BCUT2D eigenvalue weighted by molar-refractivity contribution is 0.179. The number of benzene rings is 1. The van der Waals surface area contributed by atoms with Crippen LogP contribution in [0.4, 0.5) is 4.39 Å². The molecule has 0 spiro atoms. The second-order valence-electron chi connectivity index (χ2n) is 6.25. The van der Waals surface area contributed by atoms with Crippen LogP contribution in [0, 0.1) is 5.82 Å². The molecule has 0 radical (unpaired) electrons. The second-order valence-corrected chi connectivity index (χ2v) is 9.03. The van der Waals surface area contributed by atoms with E-state index in [1.807, 2.05) is 4.90 Å². The van der Waals surface area contributed by atoms with Crippen molar-refractivity contribution in [2.24, 2.45) is 0 Å². The quantitative estimate of drug-likeness (QED) is 0.652. The average molecular weight is 408 g/mol. The number of sulfonamides is 1. The van der Waals surface area contributed by atoms with E-state index in [-0.39, 0.29) is 23.5 Å². The summed E-state index contributed by atoms with van der Waals surface area (Å²) in [6, 6.07) is 6.91. The topological polar surface area (TPSA) is 75.0 Å². The zero-order valence-corrected chi connectivity index (χ0v) is 15.9. The molecule has 27 heavy (non-hydrogen) atoms. The molecule has 2 aromatic heterocycles. The van der Waals surface area contributed by atoms with Gasteiger partial charge in [-0.1, -0.05) is 12.1 Å². The monoisotopic (exact) mass is 408 g/mol. The molecule has 0 atom stereocenters. The maximum Gasteiger partial charge on any atom is 0.258 e. The van der Waals surface area contributed by atoms with Gasteiger partial charge in [0.15, 0.2) is 4.96 Å². The SMILES string of the molecule is O=c1cc(CN2CCN(S(=O)(=O)c3ccccc3F)CC2)nc2sccn12. The van der Waals surface area contributed by atoms with Crippen molar-refractivity contribution in [3.8, 4) is 0 Å². The van der Waals surface area contributed by atoms with Crippen LogP contribution < -0.4 is 5.56 Å².